The van der Waals surface area contributed by atoms with Gasteiger partial charge in [0.1, 0.15) is 0 Å². The van der Waals surface area contributed by atoms with Gasteiger partial charge in [-0.2, -0.15) is 0 Å². The Morgan fingerprint density at radius 3 is 2.72 bits per heavy atom. The van der Waals surface area contributed by atoms with Gasteiger partial charge in [-0.15, -0.1) is 0 Å². The lowest BCUT2D eigenvalue weighted by molar-refractivity contribution is 0.840. The Labute approximate surface area is 105 Å². The van der Waals surface area contributed by atoms with Gasteiger partial charge in [0.15, 0.2) is 0 Å². The molecule has 1 aliphatic rings. The lowest BCUT2D eigenvalue weighted by Gasteiger charge is -2.06. The van der Waals surface area contributed by atoms with Gasteiger partial charge in [0, 0.05) is 6.07 Å². The van der Waals surface area contributed by atoms with E-state index in [-0.39, 0.29) is 5.56 Å². The van der Waals surface area contributed by atoms with Crippen LogP contribution in [0.5, 0.6) is 0 Å². The molecule has 3 rings (SSSR count). The summed E-state index contributed by atoms with van der Waals surface area (Å²) < 4.78 is 1.58. The number of nitrogens with zero attached hydrogens (tertiary/aromatic N) is 1. The molecular weight excluding hydrogens is 224 g/mol. The fraction of sp³-hybridized carbons (Fsp3) is 0.133. The largest absolute Gasteiger partial charge is 0.291 e. The first-order chi connectivity index (χ1) is 8.84. The number of aromatic amines is 1. The monoisotopic (exact) mass is 238 g/mol. The molecule has 3 heteroatoms. The predicted molar refractivity (Wildman–Crippen MR) is 72.7 cm³/mol. The van der Waals surface area contributed by atoms with Crippen LogP contribution in [0.15, 0.2) is 59.4 Å². The van der Waals surface area contributed by atoms with E-state index in [2.05, 4.69) is 17.3 Å². The summed E-state index contributed by atoms with van der Waals surface area (Å²) in [5, 5.41) is 3.17. The number of aromatic nitrogens is 2. The number of benzene rings is 1. The quantitative estimate of drug-likeness (QED) is 0.858. The third-order valence-electron chi connectivity index (χ3n) is 3.09. The van der Waals surface area contributed by atoms with Crippen molar-refractivity contribution in [2.45, 2.75) is 12.8 Å². The van der Waals surface area contributed by atoms with E-state index >= 15 is 0 Å². The maximum absolute atomic E-state index is 12.0. The summed E-state index contributed by atoms with van der Waals surface area (Å²) in [5.41, 5.74) is 2.94. The van der Waals surface area contributed by atoms with Crippen LogP contribution >= 0.6 is 0 Å². The molecule has 0 bridgehead atoms. The minimum atomic E-state index is -0.0216. The number of hydrogen-bond acceptors (Lipinski definition) is 1. The van der Waals surface area contributed by atoms with E-state index in [0.29, 0.717) is 0 Å². The molecule has 1 aromatic carbocycles. The summed E-state index contributed by atoms with van der Waals surface area (Å²) in [7, 11) is 0. The third-order valence-corrected chi connectivity index (χ3v) is 3.09. The maximum Gasteiger partial charge on any atom is 0.271 e. The van der Waals surface area contributed by atoms with Crippen LogP contribution in [0.2, 0.25) is 0 Å². The van der Waals surface area contributed by atoms with Crippen LogP contribution in [0.3, 0.4) is 0 Å². The fourth-order valence-corrected chi connectivity index (χ4v) is 2.16. The lowest BCUT2D eigenvalue weighted by atomic mass is 10.0. The highest BCUT2D eigenvalue weighted by molar-refractivity contribution is 5.65. The fourth-order valence-electron chi connectivity index (χ4n) is 2.16. The Morgan fingerprint density at radius 2 is 2.00 bits per heavy atom. The van der Waals surface area contributed by atoms with Gasteiger partial charge in [0.05, 0.1) is 11.4 Å². The molecule has 0 fully saturated rings. The molecule has 0 saturated heterocycles. The van der Waals surface area contributed by atoms with E-state index in [0.717, 1.165) is 24.2 Å². The first kappa shape index (κ1) is 10.8. The topological polar surface area (TPSA) is 37.8 Å². The summed E-state index contributed by atoms with van der Waals surface area (Å²) in [6.45, 7) is 0. The van der Waals surface area contributed by atoms with E-state index < -0.39 is 0 Å². The second-order valence-corrected chi connectivity index (χ2v) is 4.34. The molecule has 0 radical (unpaired) electrons. The van der Waals surface area contributed by atoms with Gasteiger partial charge in [0.25, 0.3) is 5.56 Å². The molecule has 0 amide bonds. The van der Waals surface area contributed by atoms with Crippen LogP contribution < -0.4 is 5.56 Å². The third kappa shape index (κ3) is 1.95. The van der Waals surface area contributed by atoms with Crippen LogP contribution in [0.1, 0.15) is 18.5 Å². The van der Waals surface area contributed by atoms with Crippen molar-refractivity contribution in [3.05, 3.63) is 70.7 Å². The van der Waals surface area contributed by atoms with Gasteiger partial charge in [0.2, 0.25) is 0 Å². The Kier molecular flexibility index (Phi) is 2.73. The zero-order chi connectivity index (χ0) is 12.4. The van der Waals surface area contributed by atoms with Gasteiger partial charge in [-0.1, -0.05) is 36.4 Å². The van der Waals surface area contributed by atoms with E-state index in [4.69, 9.17) is 0 Å². The molecule has 0 unspecified atom stereocenters. The highest BCUT2D eigenvalue weighted by Crippen LogP contribution is 2.21. The van der Waals surface area contributed by atoms with Crippen LogP contribution in [0.25, 0.3) is 11.3 Å². The van der Waals surface area contributed by atoms with Crippen molar-refractivity contribution < 1.29 is 0 Å². The maximum atomic E-state index is 12.0. The number of hydrogen-bond donors (Lipinski definition) is 1. The number of rotatable bonds is 2. The molecule has 18 heavy (non-hydrogen) atoms. The van der Waals surface area contributed by atoms with Crippen LogP contribution in [-0.4, -0.2) is 9.78 Å². The molecule has 90 valence electrons. The number of para-hydroxylation sites is 1. The molecule has 1 aliphatic carbocycles. The summed E-state index contributed by atoms with van der Waals surface area (Å²) >= 11 is 0. The average Bonchev–Trinajstić information content (AvgIpc) is 2.83. The zero-order valence-electron chi connectivity index (χ0n) is 9.97. The lowest BCUT2D eigenvalue weighted by Crippen LogP contribution is -2.12. The average molecular weight is 238 g/mol. The molecule has 1 N–H and O–H groups in total. The summed E-state index contributed by atoms with van der Waals surface area (Å²) in [5.74, 6) is 0. The standard InChI is InChI=1S/C15H14N2O/c18-15-11-14(12-7-3-1-4-8-12)16-17(15)13-9-5-2-6-10-13/h1-3,5-7,9-11,16H,4,8H2. The number of allylic oxidation sites excluding steroid dienone is 4. The summed E-state index contributed by atoms with van der Waals surface area (Å²) in [6, 6.07) is 11.3. The van der Waals surface area contributed by atoms with Crippen molar-refractivity contribution in [1.29, 1.82) is 0 Å². The Hall–Kier alpha value is -2.29. The second-order valence-electron chi connectivity index (χ2n) is 4.34. The van der Waals surface area contributed by atoms with Crippen molar-refractivity contribution in [3.8, 4) is 5.69 Å². The van der Waals surface area contributed by atoms with Crippen molar-refractivity contribution in [2.75, 3.05) is 0 Å². The van der Waals surface area contributed by atoms with Crippen LogP contribution in [-0.2, 0) is 0 Å². The molecule has 0 saturated carbocycles. The highest BCUT2D eigenvalue weighted by Gasteiger charge is 2.09. The first-order valence-corrected chi connectivity index (χ1v) is 6.08. The van der Waals surface area contributed by atoms with Gasteiger partial charge in [-0.25, -0.2) is 4.68 Å². The number of H-pyrrole nitrogens is 1. The SMILES string of the molecule is O=c1cc(C2=CC=CCC2)[nH]n1-c1ccccc1. The highest BCUT2D eigenvalue weighted by atomic mass is 16.1. The van der Waals surface area contributed by atoms with Gasteiger partial charge < -0.3 is 0 Å². The molecule has 1 aromatic heterocycles. The molecule has 0 aliphatic heterocycles. The van der Waals surface area contributed by atoms with Crippen molar-refractivity contribution in [1.82, 2.24) is 9.78 Å². The molecule has 0 atom stereocenters. The first-order valence-electron chi connectivity index (χ1n) is 6.08. The predicted octanol–water partition coefficient (Wildman–Crippen LogP) is 2.90. The van der Waals surface area contributed by atoms with Crippen molar-refractivity contribution in [2.24, 2.45) is 0 Å². The van der Waals surface area contributed by atoms with E-state index in [1.54, 1.807) is 10.7 Å². The van der Waals surface area contributed by atoms with Crippen molar-refractivity contribution >= 4 is 5.57 Å². The smallest absolute Gasteiger partial charge is 0.271 e. The van der Waals surface area contributed by atoms with Gasteiger partial charge in [-0.3, -0.25) is 9.89 Å². The summed E-state index contributed by atoms with van der Waals surface area (Å²) in [6.07, 6.45) is 8.24. The van der Waals surface area contributed by atoms with Crippen molar-refractivity contribution in [3.63, 3.8) is 0 Å². The van der Waals surface area contributed by atoms with E-state index in [1.165, 1.54) is 5.57 Å². The Balaban J connectivity index is 2.04. The molecule has 0 spiro atoms. The molecule has 2 aromatic rings. The van der Waals surface area contributed by atoms with E-state index in [9.17, 15) is 4.79 Å². The van der Waals surface area contributed by atoms with Gasteiger partial charge >= 0.3 is 0 Å². The second kappa shape index (κ2) is 4.53. The van der Waals surface area contributed by atoms with Gasteiger partial charge in [-0.05, 0) is 30.5 Å². The molecule has 1 heterocycles. The Bertz CT molecular complexity index is 659. The normalized spacial score (nSPS) is 14.6. The molecule has 3 nitrogen and oxygen atoms in total. The Morgan fingerprint density at radius 1 is 1.17 bits per heavy atom. The van der Waals surface area contributed by atoms with E-state index in [1.807, 2.05) is 36.4 Å². The van der Waals surface area contributed by atoms with Crippen LogP contribution in [0.4, 0.5) is 0 Å². The number of nitrogens with one attached hydrogen (secondary N) is 1. The zero-order valence-corrected chi connectivity index (χ0v) is 9.97. The summed E-state index contributed by atoms with van der Waals surface area (Å²) in [4.78, 5) is 12.0. The minimum Gasteiger partial charge on any atom is -0.291 e. The van der Waals surface area contributed by atoms with Crippen LogP contribution in [0, 0.1) is 0 Å². The minimum absolute atomic E-state index is 0.0216. The molecular formula is C15H14N2O.